The zero-order chi connectivity index (χ0) is 18.6. The zero-order valence-corrected chi connectivity index (χ0v) is 15.2. The molecule has 1 aliphatic rings. The maximum atomic E-state index is 12.7. The van der Waals surface area contributed by atoms with Gasteiger partial charge in [-0.3, -0.25) is 14.3 Å². The molecule has 0 radical (unpaired) electrons. The number of carbonyl (C=O) groups is 1. The quantitative estimate of drug-likeness (QED) is 0.759. The molecule has 2 aromatic rings. The standard InChI is InChI=1S/C15H16N2O6S2/c1-3-17-15(19)11(8-16-17)13(18)10-4-5-12-14(9(10)2)25(22,23)7-6-24(12,20)21/h4-5,8,16H,3,6-7H2,1-2H3. The molecule has 0 spiro atoms. The Kier molecular flexibility index (Phi) is 3.99. The minimum atomic E-state index is -3.81. The Bertz CT molecular complexity index is 1150. The summed E-state index contributed by atoms with van der Waals surface area (Å²) in [6, 6.07) is 2.39. The number of rotatable bonds is 3. The van der Waals surface area contributed by atoms with Crippen LogP contribution < -0.4 is 5.56 Å². The van der Waals surface area contributed by atoms with E-state index in [-0.39, 0.29) is 26.5 Å². The largest absolute Gasteiger partial charge is 0.302 e. The van der Waals surface area contributed by atoms with Crippen LogP contribution in [0.15, 0.2) is 32.9 Å². The summed E-state index contributed by atoms with van der Waals surface area (Å²) in [5.74, 6) is -1.64. The van der Waals surface area contributed by atoms with Crippen LogP contribution in [0.4, 0.5) is 0 Å². The average molecular weight is 384 g/mol. The van der Waals surface area contributed by atoms with Crippen LogP contribution in [-0.4, -0.2) is 43.9 Å². The fourth-order valence-electron chi connectivity index (χ4n) is 2.93. The summed E-state index contributed by atoms with van der Waals surface area (Å²) in [4.78, 5) is 24.2. The van der Waals surface area contributed by atoms with Crippen molar-refractivity contribution in [2.75, 3.05) is 11.5 Å². The molecule has 0 atom stereocenters. The Labute approximate surface area is 144 Å². The molecule has 1 N–H and O–H groups in total. The normalized spacial score (nSPS) is 17.8. The van der Waals surface area contributed by atoms with Gasteiger partial charge in [-0.25, -0.2) is 16.8 Å². The molecule has 0 bridgehead atoms. The van der Waals surface area contributed by atoms with Crippen LogP contribution in [0.3, 0.4) is 0 Å². The van der Waals surface area contributed by atoms with Crippen LogP contribution in [0.25, 0.3) is 0 Å². The first-order valence-electron chi connectivity index (χ1n) is 7.52. The number of aryl methyl sites for hydroxylation is 1. The van der Waals surface area contributed by atoms with Crippen molar-refractivity contribution < 1.29 is 21.6 Å². The van der Waals surface area contributed by atoms with Crippen LogP contribution >= 0.6 is 0 Å². The summed E-state index contributed by atoms with van der Waals surface area (Å²) in [6.45, 7) is 3.46. The monoisotopic (exact) mass is 384 g/mol. The fourth-order valence-corrected chi connectivity index (χ4v) is 7.53. The van der Waals surface area contributed by atoms with Crippen LogP contribution in [0.1, 0.15) is 28.4 Å². The Morgan fingerprint density at radius 2 is 1.76 bits per heavy atom. The average Bonchev–Trinajstić information content (AvgIpc) is 2.91. The third kappa shape index (κ3) is 2.65. The van der Waals surface area contributed by atoms with Crippen LogP contribution in [-0.2, 0) is 26.2 Å². The highest BCUT2D eigenvalue weighted by molar-refractivity contribution is 7.98. The van der Waals surface area contributed by atoms with E-state index in [0.717, 1.165) is 6.07 Å². The van der Waals surface area contributed by atoms with Gasteiger partial charge in [-0.15, -0.1) is 0 Å². The van der Waals surface area contributed by atoms with Gasteiger partial charge in [0.25, 0.3) is 5.56 Å². The van der Waals surface area contributed by atoms with Crippen molar-refractivity contribution in [2.45, 2.75) is 30.2 Å². The highest BCUT2D eigenvalue weighted by Gasteiger charge is 2.36. The number of hydrogen-bond donors (Lipinski definition) is 1. The summed E-state index contributed by atoms with van der Waals surface area (Å²) in [6.07, 6.45) is 1.26. The number of carbonyl (C=O) groups excluding carboxylic acids is 1. The van der Waals surface area contributed by atoms with Crippen molar-refractivity contribution in [1.29, 1.82) is 0 Å². The molecule has 0 aliphatic carbocycles. The van der Waals surface area contributed by atoms with E-state index in [0.29, 0.717) is 6.54 Å². The van der Waals surface area contributed by atoms with Gasteiger partial charge in [-0.2, -0.15) is 0 Å². The number of hydrogen-bond acceptors (Lipinski definition) is 6. The predicted molar refractivity (Wildman–Crippen MR) is 89.4 cm³/mol. The van der Waals surface area contributed by atoms with Crippen molar-refractivity contribution in [3.63, 3.8) is 0 Å². The van der Waals surface area contributed by atoms with Crippen LogP contribution in [0.5, 0.6) is 0 Å². The van der Waals surface area contributed by atoms with E-state index in [9.17, 15) is 26.4 Å². The van der Waals surface area contributed by atoms with E-state index in [1.807, 2.05) is 0 Å². The van der Waals surface area contributed by atoms with Gasteiger partial charge in [0.1, 0.15) is 5.56 Å². The maximum Gasteiger partial charge on any atom is 0.277 e. The number of H-pyrrole nitrogens is 1. The lowest BCUT2D eigenvalue weighted by atomic mass is 10.0. The minimum absolute atomic E-state index is 0.00113. The van der Waals surface area contributed by atoms with Crippen LogP contribution in [0.2, 0.25) is 0 Å². The molecule has 0 fully saturated rings. The smallest absolute Gasteiger partial charge is 0.277 e. The number of ketones is 1. The molecule has 1 aromatic carbocycles. The molecular formula is C15H16N2O6S2. The third-order valence-corrected chi connectivity index (χ3v) is 8.31. The van der Waals surface area contributed by atoms with Crippen molar-refractivity contribution in [3.8, 4) is 0 Å². The summed E-state index contributed by atoms with van der Waals surface area (Å²) >= 11 is 0. The van der Waals surface area contributed by atoms with E-state index in [1.54, 1.807) is 6.92 Å². The molecule has 0 amide bonds. The first-order valence-corrected chi connectivity index (χ1v) is 10.8. The first-order chi connectivity index (χ1) is 11.6. The Morgan fingerprint density at radius 3 is 2.36 bits per heavy atom. The van der Waals surface area contributed by atoms with E-state index in [4.69, 9.17) is 0 Å². The van der Waals surface area contributed by atoms with Crippen molar-refractivity contribution in [2.24, 2.45) is 0 Å². The number of aromatic amines is 1. The molecule has 25 heavy (non-hydrogen) atoms. The molecular weight excluding hydrogens is 368 g/mol. The topological polar surface area (TPSA) is 123 Å². The summed E-state index contributed by atoms with van der Waals surface area (Å²) < 4.78 is 50.3. The molecule has 0 saturated heterocycles. The molecule has 1 aromatic heterocycles. The Morgan fingerprint density at radius 1 is 1.12 bits per heavy atom. The fraction of sp³-hybridized carbons (Fsp3) is 0.333. The number of benzene rings is 1. The number of nitrogens with zero attached hydrogens (tertiary/aromatic N) is 1. The molecule has 2 heterocycles. The van der Waals surface area contributed by atoms with E-state index < -0.39 is 42.5 Å². The van der Waals surface area contributed by atoms with Gasteiger partial charge >= 0.3 is 0 Å². The predicted octanol–water partition coefficient (Wildman–Crippen LogP) is 0.297. The van der Waals surface area contributed by atoms with Gasteiger partial charge in [0, 0.05) is 18.3 Å². The highest BCUT2D eigenvalue weighted by atomic mass is 32.2. The zero-order valence-electron chi connectivity index (χ0n) is 13.6. The van der Waals surface area contributed by atoms with Gasteiger partial charge in [0.2, 0.25) is 0 Å². The number of fused-ring (bicyclic) bond motifs is 1. The van der Waals surface area contributed by atoms with Gasteiger partial charge in [-0.1, -0.05) is 0 Å². The van der Waals surface area contributed by atoms with Crippen LogP contribution in [0, 0.1) is 6.92 Å². The Hall–Kier alpha value is -2.20. The van der Waals surface area contributed by atoms with E-state index >= 15 is 0 Å². The number of nitrogens with one attached hydrogen (secondary N) is 1. The number of sulfone groups is 2. The molecule has 8 nitrogen and oxygen atoms in total. The second kappa shape index (κ2) is 5.67. The van der Waals surface area contributed by atoms with Crippen molar-refractivity contribution >= 4 is 25.5 Å². The molecule has 1 aliphatic heterocycles. The highest BCUT2D eigenvalue weighted by Crippen LogP contribution is 2.33. The SMILES string of the molecule is CCn1[nH]cc(C(=O)c2ccc3c(c2C)S(=O)(=O)CCS3(=O)=O)c1=O. The van der Waals surface area contributed by atoms with Crippen molar-refractivity contribution in [3.05, 3.63) is 45.4 Å². The lowest BCUT2D eigenvalue weighted by Crippen LogP contribution is -2.28. The second-order valence-corrected chi connectivity index (χ2v) is 9.89. The lowest BCUT2D eigenvalue weighted by Gasteiger charge is -2.20. The van der Waals surface area contributed by atoms with E-state index in [1.165, 1.54) is 23.9 Å². The van der Waals surface area contributed by atoms with Gasteiger partial charge < -0.3 is 5.10 Å². The van der Waals surface area contributed by atoms with Gasteiger partial charge in [0.05, 0.1) is 21.3 Å². The third-order valence-electron chi connectivity index (χ3n) is 4.28. The van der Waals surface area contributed by atoms with E-state index in [2.05, 4.69) is 5.10 Å². The summed E-state index contributed by atoms with van der Waals surface area (Å²) in [5, 5.41) is 2.65. The second-order valence-electron chi connectivity index (χ2n) is 5.77. The minimum Gasteiger partial charge on any atom is -0.302 e. The lowest BCUT2D eigenvalue weighted by molar-refractivity contribution is 0.103. The van der Waals surface area contributed by atoms with Gasteiger partial charge in [0.15, 0.2) is 25.5 Å². The van der Waals surface area contributed by atoms with Gasteiger partial charge in [-0.05, 0) is 31.5 Å². The maximum absolute atomic E-state index is 12.7. The summed E-state index contributed by atoms with van der Waals surface area (Å²) in [7, 11) is -7.53. The van der Waals surface area contributed by atoms with Crippen molar-refractivity contribution in [1.82, 2.24) is 9.78 Å². The molecule has 0 saturated carbocycles. The molecule has 0 unspecified atom stereocenters. The number of aromatic nitrogens is 2. The molecule has 10 heteroatoms. The Balaban J connectivity index is 2.25. The molecule has 134 valence electrons. The summed E-state index contributed by atoms with van der Waals surface area (Å²) in [5.41, 5.74) is -0.589. The molecule has 3 rings (SSSR count). The first kappa shape index (κ1) is 17.6.